The maximum absolute atomic E-state index is 13.1. The highest BCUT2D eigenvalue weighted by molar-refractivity contribution is 9.10. The molecule has 2 aromatic carbocycles. The van der Waals surface area contributed by atoms with E-state index in [1.54, 1.807) is 0 Å². The van der Waals surface area contributed by atoms with Crippen molar-refractivity contribution in [2.45, 2.75) is 25.9 Å². The molecule has 1 aliphatic heterocycles. The number of halogens is 2. The minimum atomic E-state index is -0.0984. The van der Waals surface area contributed by atoms with Crippen LogP contribution < -0.4 is 5.32 Å². The summed E-state index contributed by atoms with van der Waals surface area (Å²) in [6, 6.07) is 13.8. The maximum Gasteiger partial charge on any atom is 0.252 e. The van der Waals surface area contributed by atoms with Crippen molar-refractivity contribution in [1.29, 1.82) is 0 Å². The standard InChI is InChI=1S/C22H20Br2N2O2/c1-13-9-16(24)10-18-19(22(27)25-12-17-3-2-8-28-17)11-20(26-21(13)18)14-4-6-15(23)7-5-14/h4-7,9-11,17H,2-3,8,12H2,1H3,(H,25,27). The Morgan fingerprint density at radius 1 is 1.18 bits per heavy atom. The van der Waals surface area contributed by atoms with Gasteiger partial charge in [-0.05, 0) is 55.7 Å². The van der Waals surface area contributed by atoms with Crippen LogP contribution in [0.15, 0.2) is 51.4 Å². The van der Waals surface area contributed by atoms with E-state index < -0.39 is 0 Å². The van der Waals surface area contributed by atoms with Crippen LogP contribution in [0, 0.1) is 6.92 Å². The molecule has 1 aliphatic rings. The Bertz CT molecular complexity index is 1030. The molecule has 0 aliphatic carbocycles. The molecule has 1 unspecified atom stereocenters. The zero-order chi connectivity index (χ0) is 19.7. The number of ether oxygens (including phenoxy) is 1. The largest absolute Gasteiger partial charge is 0.376 e. The molecular weight excluding hydrogens is 484 g/mol. The lowest BCUT2D eigenvalue weighted by molar-refractivity contribution is 0.0859. The number of aromatic nitrogens is 1. The van der Waals surface area contributed by atoms with Gasteiger partial charge in [0.15, 0.2) is 0 Å². The van der Waals surface area contributed by atoms with E-state index in [1.807, 2.05) is 49.4 Å². The minimum Gasteiger partial charge on any atom is -0.376 e. The molecule has 1 atom stereocenters. The van der Waals surface area contributed by atoms with Crippen LogP contribution in [0.1, 0.15) is 28.8 Å². The first-order valence-electron chi connectivity index (χ1n) is 9.28. The van der Waals surface area contributed by atoms with Gasteiger partial charge in [0.05, 0.1) is 22.9 Å². The Kier molecular flexibility index (Phi) is 5.80. The van der Waals surface area contributed by atoms with Gasteiger partial charge >= 0.3 is 0 Å². The number of aryl methyl sites for hydroxylation is 1. The van der Waals surface area contributed by atoms with E-state index in [9.17, 15) is 4.79 Å². The molecule has 0 spiro atoms. The molecule has 1 N–H and O–H groups in total. The SMILES string of the molecule is Cc1cc(Br)cc2c(C(=O)NCC3CCCO3)cc(-c3ccc(Br)cc3)nc12. The number of nitrogens with one attached hydrogen (secondary N) is 1. The summed E-state index contributed by atoms with van der Waals surface area (Å²) in [4.78, 5) is 17.9. The van der Waals surface area contributed by atoms with Crippen molar-refractivity contribution in [3.63, 3.8) is 0 Å². The van der Waals surface area contributed by atoms with Crippen molar-refractivity contribution in [3.8, 4) is 11.3 Å². The van der Waals surface area contributed by atoms with E-state index in [-0.39, 0.29) is 12.0 Å². The van der Waals surface area contributed by atoms with E-state index >= 15 is 0 Å². The molecule has 4 rings (SSSR count). The number of benzene rings is 2. The molecule has 2 heterocycles. The van der Waals surface area contributed by atoms with Gasteiger partial charge in [-0.25, -0.2) is 4.98 Å². The quantitative estimate of drug-likeness (QED) is 0.501. The van der Waals surface area contributed by atoms with Crippen LogP contribution in [-0.2, 0) is 4.74 Å². The van der Waals surface area contributed by atoms with Crippen LogP contribution in [0.25, 0.3) is 22.2 Å². The third-order valence-corrected chi connectivity index (χ3v) is 5.95. The summed E-state index contributed by atoms with van der Waals surface area (Å²) in [5.41, 5.74) is 4.25. The smallest absolute Gasteiger partial charge is 0.252 e. The van der Waals surface area contributed by atoms with Crippen molar-refractivity contribution in [2.75, 3.05) is 13.2 Å². The highest BCUT2D eigenvalue weighted by Gasteiger charge is 2.19. The van der Waals surface area contributed by atoms with Gasteiger partial charge in [0, 0.05) is 33.0 Å². The second-order valence-corrected chi connectivity index (χ2v) is 8.86. The van der Waals surface area contributed by atoms with Crippen LogP contribution in [0.4, 0.5) is 0 Å². The molecule has 1 aromatic heterocycles. The molecule has 1 fully saturated rings. The van der Waals surface area contributed by atoms with E-state index in [0.717, 1.165) is 56.1 Å². The van der Waals surface area contributed by atoms with E-state index in [1.165, 1.54) is 0 Å². The van der Waals surface area contributed by atoms with Gasteiger partial charge in [0.25, 0.3) is 5.91 Å². The molecule has 1 amide bonds. The number of hydrogen-bond donors (Lipinski definition) is 1. The summed E-state index contributed by atoms with van der Waals surface area (Å²) in [6.45, 7) is 3.32. The minimum absolute atomic E-state index is 0.0984. The predicted molar refractivity (Wildman–Crippen MR) is 119 cm³/mol. The normalized spacial score (nSPS) is 16.5. The number of rotatable bonds is 4. The summed E-state index contributed by atoms with van der Waals surface area (Å²) >= 11 is 7.01. The number of amides is 1. The number of carbonyl (C=O) groups is 1. The number of hydrogen-bond acceptors (Lipinski definition) is 3. The fourth-order valence-corrected chi connectivity index (χ4v) is 4.36. The third-order valence-electron chi connectivity index (χ3n) is 4.97. The Balaban J connectivity index is 1.77. The van der Waals surface area contributed by atoms with Gasteiger partial charge in [0.2, 0.25) is 0 Å². The van der Waals surface area contributed by atoms with Crippen molar-refractivity contribution >= 4 is 48.7 Å². The Hall–Kier alpha value is -1.76. The van der Waals surface area contributed by atoms with Gasteiger partial charge < -0.3 is 10.1 Å². The molecule has 0 radical (unpaired) electrons. The maximum atomic E-state index is 13.1. The molecule has 3 aromatic rings. The first-order valence-corrected chi connectivity index (χ1v) is 10.9. The monoisotopic (exact) mass is 502 g/mol. The first kappa shape index (κ1) is 19.6. The Morgan fingerprint density at radius 2 is 1.96 bits per heavy atom. The van der Waals surface area contributed by atoms with E-state index in [4.69, 9.17) is 9.72 Å². The second-order valence-electron chi connectivity index (χ2n) is 7.03. The predicted octanol–water partition coefficient (Wildman–Crippen LogP) is 5.64. The van der Waals surface area contributed by atoms with Crippen LogP contribution in [0.2, 0.25) is 0 Å². The molecule has 1 saturated heterocycles. The number of pyridine rings is 1. The average Bonchev–Trinajstić information content (AvgIpc) is 3.20. The Morgan fingerprint density at radius 3 is 2.68 bits per heavy atom. The van der Waals surface area contributed by atoms with Crippen LogP contribution in [0.5, 0.6) is 0 Å². The molecule has 4 nitrogen and oxygen atoms in total. The van der Waals surface area contributed by atoms with Gasteiger partial charge in [-0.1, -0.05) is 44.0 Å². The van der Waals surface area contributed by atoms with Crippen molar-refractivity contribution in [3.05, 3.63) is 62.5 Å². The zero-order valence-corrected chi connectivity index (χ0v) is 18.6. The van der Waals surface area contributed by atoms with Crippen LogP contribution >= 0.6 is 31.9 Å². The topological polar surface area (TPSA) is 51.2 Å². The van der Waals surface area contributed by atoms with Gasteiger partial charge in [0.1, 0.15) is 0 Å². The molecular formula is C22H20Br2N2O2. The summed E-state index contributed by atoms with van der Waals surface area (Å²) in [5.74, 6) is -0.0984. The summed E-state index contributed by atoms with van der Waals surface area (Å²) in [6.07, 6.45) is 2.15. The lowest BCUT2D eigenvalue weighted by atomic mass is 10.0. The molecule has 0 saturated carbocycles. The molecule has 6 heteroatoms. The second kappa shape index (κ2) is 8.31. The van der Waals surface area contributed by atoms with Gasteiger partial charge in [-0.3, -0.25) is 4.79 Å². The fraction of sp³-hybridized carbons (Fsp3) is 0.273. The fourth-order valence-electron chi connectivity index (χ4n) is 3.52. The van der Waals surface area contributed by atoms with Crippen LogP contribution in [0.3, 0.4) is 0 Å². The van der Waals surface area contributed by atoms with E-state index in [0.29, 0.717) is 12.1 Å². The lowest BCUT2D eigenvalue weighted by Gasteiger charge is -2.14. The molecule has 0 bridgehead atoms. The van der Waals surface area contributed by atoms with Gasteiger partial charge in [-0.2, -0.15) is 0 Å². The number of fused-ring (bicyclic) bond motifs is 1. The lowest BCUT2D eigenvalue weighted by Crippen LogP contribution is -2.32. The van der Waals surface area contributed by atoms with Gasteiger partial charge in [-0.15, -0.1) is 0 Å². The Labute approximate surface area is 180 Å². The highest BCUT2D eigenvalue weighted by atomic mass is 79.9. The molecule has 144 valence electrons. The number of carbonyl (C=O) groups excluding carboxylic acids is 1. The van der Waals surface area contributed by atoms with Crippen molar-refractivity contribution in [1.82, 2.24) is 10.3 Å². The summed E-state index contributed by atoms with van der Waals surface area (Å²) < 4.78 is 7.57. The molecule has 28 heavy (non-hydrogen) atoms. The average molecular weight is 504 g/mol. The van der Waals surface area contributed by atoms with Crippen molar-refractivity contribution < 1.29 is 9.53 Å². The third kappa shape index (κ3) is 4.14. The highest BCUT2D eigenvalue weighted by Crippen LogP contribution is 2.30. The summed E-state index contributed by atoms with van der Waals surface area (Å²) in [5, 5.41) is 3.89. The zero-order valence-electron chi connectivity index (χ0n) is 15.5. The van der Waals surface area contributed by atoms with Crippen LogP contribution in [-0.4, -0.2) is 30.1 Å². The van der Waals surface area contributed by atoms with E-state index in [2.05, 4.69) is 37.2 Å². The number of nitrogens with zero attached hydrogens (tertiary/aromatic N) is 1. The summed E-state index contributed by atoms with van der Waals surface area (Å²) in [7, 11) is 0. The van der Waals surface area contributed by atoms with Crippen molar-refractivity contribution in [2.24, 2.45) is 0 Å². The first-order chi connectivity index (χ1) is 13.5.